The zero-order valence-electron chi connectivity index (χ0n) is 10.3. The predicted octanol–water partition coefficient (Wildman–Crippen LogP) is 2.16. The molecule has 0 aliphatic carbocycles. The van der Waals surface area contributed by atoms with Gasteiger partial charge in [0, 0.05) is 12.6 Å². The molecular weight excluding hydrogens is 212 g/mol. The lowest BCUT2D eigenvalue weighted by atomic mass is 9.92. The molecule has 2 unspecified atom stereocenters. The first-order chi connectivity index (χ1) is 8.13. The van der Waals surface area contributed by atoms with Crippen molar-refractivity contribution in [2.75, 3.05) is 17.2 Å². The molecule has 0 aromatic carbocycles. The van der Waals surface area contributed by atoms with Gasteiger partial charge in [-0.3, -0.25) is 0 Å². The highest BCUT2D eigenvalue weighted by Gasteiger charge is 2.27. The number of piperidine rings is 1. The first-order valence-electron chi connectivity index (χ1n) is 6.05. The van der Waals surface area contributed by atoms with Crippen LogP contribution < -0.4 is 10.6 Å². The molecular formula is C13H18N4. The van der Waals surface area contributed by atoms with E-state index in [1.165, 1.54) is 6.42 Å². The summed E-state index contributed by atoms with van der Waals surface area (Å²) in [5.41, 5.74) is 6.78. The van der Waals surface area contributed by atoms with Gasteiger partial charge in [-0.25, -0.2) is 4.98 Å². The fourth-order valence-corrected chi connectivity index (χ4v) is 2.42. The molecule has 1 saturated heterocycles. The van der Waals surface area contributed by atoms with Crippen LogP contribution in [0.15, 0.2) is 12.3 Å². The smallest absolute Gasteiger partial charge is 0.146 e. The van der Waals surface area contributed by atoms with Gasteiger partial charge in [-0.05, 0) is 31.7 Å². The van der Waals surface area contributed by atoms with E-state index in [-0.39, 0.29) is 0 Å². The van der Waals surface area contributed by atoms with Gasteiger partial charge in [0.05, 0.1) is 17.4 Å². The van der Waals surface area contributed by atoms with E-state index < -0.39 is 0 Å². The van der Waals surface area contributed by atoms with Crippen molar-refractivity contribution in [3.05, 3.63) is 17.8 Å². The van der Waals surface area contributed by atoms with E-state index in [0.717, 1.165) is 18.8 Å². The summed E-state index contributed by atoms with van der Waals surface area (Å²) in [4.78, 5) is 6.56. The zero-order chi connectivity index (χ0) is 12.4. The fraction of sp³-hybridized carbons (Fsp3) is 0.538. The Bertz CT molecular complexity index is 449. The Morgan fingerprint density at radius 1 is 1.53 bits per heavy atom. The number of nitrogens with two attached hydrogens (primary N) is 1. The van der Waals surface area contributed by atoms with E-state index in [0.29, 0.717) is 23.2 Å². The highest BCUT2D eigenvalue weighted by Crippen LogP contribution is 2.29. The first-order valence-corrected chi connectivity index (χ1v) is 6.05. The van der Waals surface area contributed by atoms with Gasteiger partial charge in [0.2, 0.25) is 0 Å². The lowest BCUT2D eigenvalue weighted by Crippen LogP contribution is -2.43. The molecule has 1 aliphatic rings. The molecule has 0 radical (unpaired) electrons. The van der Waals surface area contributed by atoms with Crippen LogP contribution in [0, 0.1) is 17.2 Å². The number of rotatable bonds is 1. The van der Waals surface area contributed by atoms with Crippen LogP contribution in [-0.4, -0.2) is 17.6 Å². The van der Waals surface area contributed by atoms with Crippen molar-refractivity contribution in [3.8, 4) is 6.07 Å². The Kier molecular flexibility index (Phi) is 3.19. The second kappa shape index (κ2) is 4.62. The van der Waals surface area contributed by atoms with E-state index in [1.54, 1.807) is 12.3 Å². The van der Waals surface area contributed by atoms with Gasteiger partial charge in [0.25, 0.3) is 0 Å². The minimum absolute atomic E-state index is 0.423. The molecule has 90 valence electrons. The number of nitriles is 1. The van der Waals surface area contributed by atoms with E-state index in [9.17, 15) is 0 Å². The number of nitrogens with zero attached hydrogens (tertiary/aromatic N) is 3. The Morgan fingerprint density at radius 3 is 3.00 bits per heavy atom. The molecule has 0 amide bonds. The summed E-state index contributed by atoms with van der Waals surface area (Å²) in [5, 5.41) is 9.15. The maximum Gasteiger partial charge on any atom is 0.146 e. The normalized spacial score (nSPS) is 24.4. The summed E-state index contributed by atoms with van der Waals surface area (Å²) in [6, 6.07) is 4.31. The van der Waals surface area contributed by atoms with E-state index in [4.69, 9.17) is 11.0 Å². The Balaban J connectivity index is 2.36. The number of hydrogen-bond donors (Lipinski definition) is 1. The van der Waals surface area contributed by atoms with Crippen LogP contribution in [0.4, 0.5) is 11.5 Å². The lowest BCUT2D eigenvalue weighted by Gasteiger charge is -2.39. The molecule has 2 N–H and O–H groups in total. The molecule has 17 heavy (non-hydrogen) atoms. The first kappa shape index (κ1) is 11.7. The Morgan fingerprint density at radius 2 is 2.29 bits per heavy atom. The second-order valence-electron chi connectivity index (χ2n) is 4.81. The van der Waals surface area contributed by atoms with Gasteiger partial charge in [0.15, 0.2) is 0 Å². The summed E-state index contributed by atoms with van der Waals surface area (Å²) in [5.74, 6) is 1.41. The molecule has 0 spiro atoms. The van der Waals surface area contributed by atoms with Gasteiger partial charge >= 0.3 is 0 Å². The SMILES string of the molecule is CC1CCCN(c2ncc(N)cc2C#N)C1C. The summed E-state index contributed by atoms with van der Waals surface area (Å²) in [6.07, 6.45) is 4.03. The average molecular weight is 230 g/mol. The largest absolute Gasteiger partial charge is 0.397 e. The molecule has 2 atom stereocenters. The van der Waals surface area contributed by atoms with Gasteiger partial charge < -0.3 is 10.6 Å². The summed E-state index contributed by atoms with van der Waals surface area (Å²) in [7, 11) is 0. The molecule has 1 aromatic rings. The third-order valence-electron chi connectivity index (χ3n) is 3.65. The maximum atomic E-state index is 9.15. The van der Waals surface area contributed by atoms with Gasteiger partial charge in [-0.15, -0.1) is 0 Å². The van der Waals surface area contributed by atoms with E-state index in [1.807, 2.05) is 0 Å². The molecule has 4 nitrogen and oxygen atoms in total. The topological polar surface area (TPSA) is 65.9 Å². The van der Waals surface area contributed by atoms with Crippen molar-refractivity contribution < 1.29 is 0 Å². The molecule has 1 aromatic heterocycles. The van der Waals surface area contributed by atoms with Crippen LogP contribution in [0.5, 0.6) is 0 Å². The van der Waals surface area contributed by atoms with Crippen molar-refractivity contribution >= 4 is 11.5 Å². The number of hydrogen-bond acceptors (Lipinski definition) is 4. The molecule has 0 bridgehead atoms. The number of aromatic nitrogens is 1. The Labute approximate surface area is 102 Å². The minimum Gasteiger partial charge on any atom is -0.397 e. The molecule has 2 rings (SSSR count). The lowest BCUT2D eigenvalue weighted by molar-refractivity contribution is 0.361. The summed E-state index contributed by atoms with van der Waals surface area (Å²) in [6.45, 7) is 5.42. The molecule has 4 heteroatoms. The van der Waals surface area contributed by atoms with Crippen LogP contribution in [-0.2, 0) is 0 Å². The van der Waals surface area contributed by atoms with Crippen LogP contribution >= 0.6 is 0 Å². The third kappa shape index (κ3) is 2.19. The number of anilines is 2. The molecule has 2 heterocycles. The quantitative estimate of drug-likeness (QED) is 0.802. The summed E-state index contributed by atoms with van der Waals surface area (Å²) >= 11 is 0. The minimum atomic E-state index is 0.423. The second-order valence-corrected chi connectivity index (χ2v) is 4.81. The van der Waals surface area contributed by atoms with Gasteiger partial charge in [-0.2, -0.15) is 5.26 Å². The van der Waals surface area contributed by atoms with Gasteiger partial charge in [-0.1, -0.05) is 6.92 Å². The highest BCUT2D eigenvalue weighted by atomic mass is 15.2. The van der Waals surface area contributed by atoms with Crippen LogP contribution in [0.25, 0.3) is 0 Å². The average Bonchev–Trinajstić information content (AvgIpc) is 2.33. The van der Waals surface area contributed by atoms with E-state index >= 15 is 0 Å². The Hall–Kier alpha value is -1.76. The van der Waals surface area contributed by atoms with Crippen LogP contribution in [0.2, 0.25) is 0 Å². The van der Waals surface area contributed by atoms with Gasteiger partial charge in [0.1, 0.15) is 11.9 Å². The van der Waals surface area contributed by atoms with Crippen LogP contribution in [0.1, 0.15) is 32.3 Å². The standard InChI is InChI=1S/C13H18N4/c1-9-4-3-5-17(10(9)2)13-11(7-14)6-12(15)8-16-13/h6,8-10H,3-5,15H2,1-2H3. The maximum absolute atomic E-state index is 9.15. The van der Waals surface area contributed by atoms with Crippen molar-refractivity contribution in [2.45, 2.75) is 32.7 Å². The van der Waals surface area contributed by atoms with Crippen molar-refractivity contribution in [2.24, 2.45) is 5.92 Å². The van der Waals surface area contributed by atoms with E-state index in [2.05, 4.69) is 29.8 Å². The molecule has 1 aliphatic heterocycles. The fourth-order valence-electron chi connectivity index (χ4n) is 2.42. The number of pyridine rings is 1. The number of nitrogen functional groups attached to an aromatic ring is 1. The van der Waals surface area contributed by atoms with Crippen molar-refractivity contribution in [1.29, 1.82) is 5.26 Å². The zero-order valence-corrected chi connectivity index (χ0v) is 10.3. The van der Waals surface area contributed by atoms with Crippen molar-refractivity contribution in [3.63, 3.8) is 0 Å². The summed E-state index contributed by atoms with van der Waals surface area (Å²) < 4.78 is 0. The molecule has 1 fully saturated rings. The van der Waals surface area contributed by atoms with Crippen LogP contribution in [0.3, 0.4) is 0 Å². The van der Waals surface area contributed by atoms with Crippen molar-refractivity contribution in [1.82, 2.24) is 4.98 Å². The predicted molar refractivity (Wildman–Crippen MR) is 68.6 cm³/mol. The third-order valence-corrected chi connectivity index (χ3v) is 3.65. The molecule has 0 saturated carbocycles. The monoisotopic (exact) mass is 230 g/mol. The highest BCUT2D eigenvalue weighted by molar-refractivity contribution is 5.59.